The van der Waals surface area contributed by atoms with Crippen LogP contribution in [-0.4, -0.2) is 27.3 Å². The first-order chi connectivity index (χ1) is 11.0. The maximum Gasteiger partial charge on any atom is 0.235 e. The Morgan fingerprint density at radius 3 is 2.96 bits per heavy atom. The predicted molar refractivity (Wildman–Crippen MR) is 96.1 cm³/mol. The van der Waals surface area contributed by atoms with E-state index in [1.54, 1.807) is 11.3 Å². The standard InChI is InChI=1S/C18H21NO2S2/c1-13-3-4-14(2)16(9-13)11-23(21)12-18(20)19-7-5-17-15(10-19)6-8-22-17/h3-4,6,8-9H,5,7,10-12H2,1-2H3/t23-/m1/s1. The van der Waals surface area contributed by atoms with Gasteiger partial charge in [-0.15, -0.1) is 11.3 Å². The molecule has 0 saturated carbocycles. The summed E-state index contributed by atoms with van der Waals surface area (Å²) >= 11 is 1.76. The monoisotopic (exact) mass is 347 g/mol. The van der Waals surface area contributed by atoms with Crippen LogP contribution >= 0.6 is 11.3 Å². The van der Waals surface area contributed by atoms with E-state index in [0.29, 0.717) is 12.3 Å². The van der Waals surface area contributed by atoms with Crippen LogP contribution in [0.2, 0.25) is 0 Å². The van der Waals surface area contributed by atoms with Gasteiger partial charge >= 0.3 is 0 Å². The number of benzene rings is 1. The maximum absolute atomic E-state index is 12.4. The molecule has 2 heterocycles. The number of aryl methyl sites for hydroxylation is 2. The van der Waals surface area contributed by atoms with E-state index in [1.807, 2.05) is 24.8 Å². The number of nitrogens with zero attached hydrogens (tertiary/aromatic N) is 1. The molecule has 0 bridgehead atoms. The first-order valence-electron chi connectivity index (χ1n) is 7.77. The van der Waals surface area contributed by atoms with Gasteiger partial charge in [0.25, 0.3) is 0 Å². The number of thiophene rings is 1. The molecule has 1 aromatic heterocycles. The van der Waals surface area contributed by atoms with Gasteiger partial charge in [-0.2, -0.15) is 0 Å². The Morgan fingerprint density at radius 2 is 2.13 bits per heavy atom. The van der Waals surface area contributed by atoms with Gasteiger partial charge in [0.15, 0.2) is 0 Å². The first-order valence-corrected chi connectivity index (χ1v) is 10.1. The van der Waals surface area contributed by atoms with Gasteiger partial charge in [-0.1, -0.05) is 23.8 Å². The van der Waals surface area contributed by atoms with Crippen LogP contribution in [0.25, 0.3) is 0 Å². The van der Waals surface area contributed by atoms with Crippen molar-refractivity contribution in [3.63, 3.8) is 0 Å². The van der Waals surface area contributed by atoms with Crippen LogP contribution in [0.4, 0.5) is 0 Å². The molecule has 1 atom stereocenters. The number of amides is 1. The quantitative estimate of drug-likeness (QED) is 0.852. The third kappa shape index (κ3) is 3.90. The van der Waals surface area contributed by atoms with Crippen molar-refractivity contribution in [1.82, 2.24) is 4.90 Å². The van der Waals surface area contributed by atoms with Crippen molar-refractivity contribution in [2.45, 2.75) is 32.6 Å². The van der Waals surface area contributed by atoms with Gasteiger partial charge in [-0.25, -0.2) is 0 Å². The summed E-state index contributed by atoms with van der Waals surface area (Å²) in [5, 5.41) is 2.08. The summed E-state index contributed by atoms with van der Waals surface area (Å²) in [5.41, 5.74) is 4.62. The molecule has 122 valence electrons. The molecule has 1 amide bonds. The molecule has 0 aliphatic carbocycles. The van der Waals surface area contributed by atoms with E-state index in [1.165, 1.54) is 10.4 Å². The molecular weight excluding hydrogens is 326 g/mol. The van der Waals surface area contributed by atoms with Crippen molar-refractivity contribution < 1.29 is 9.00 Å². The SMILES string of the molecule is Cc1ccc(C)c(C[S@@](=O)CC(=O)N2CCc3sccc3C2)c1. The highest BCUT2D eigenvalue weighted by atomic mass is 32.2. The van der Waals surface area contributed by atoms with E-state index < -0.39 is 10.8 Å². The molecule has 0 radical (unpaired) electrons. The van der Waals surface area contributed by atoms with Crippen molar-refractivity contribution in [1.29, 1.82) is 0 Å². The van der Waals surface area contributed by atoms with Crippen molar-refractivity contribution in [3.05, 3.63) is 56.8 Å². The zero-order valence-corrected chi connectivity index (χ0v) is 15.1. The molecule has 5 heteroatoms. The Morgan fingerprint density at radius 1 is 1.30 bits per heavy atom. The second-order valence-corrected chi connectivity index (χ2v) is 8.55. The largest absolute Gasteiger partial charge is 0.337 e. The Balaban J connectivity index is 1.60. The fourth-order valence-electron chi connectivity index (χ4n) is 2.87. The summed E-state index contributed by atoms with van der Waals surface area (Å²) in [6.45, 7) is 5.46. The normalized spacial score (nSPS) is 15.3. The fourth-order valence-corrected chi connectivity index (χ4v) is 4.98. The third-order valence-electron chi connectivity index (χ3n) is 4.27. The lowest BCUT2D eigenvalue weighted by atomic mass is 10.1. The number of fused-ring (bicyclic) bond motifs is 1. The molecule has 3 nitrogen and oxygen atoms in total. The first kappa shape index (κ1) is 16.4. The predicted octanol–water partition coefficient (Wildman–Crippen LogP) is 3.20. The second kappa shape index (κ2) is 6.97. The average molecular weight is 348 g/mol. The van der Waals surface area contributed by atoms with Crippen LogP contribution in [-0.2, 0) is 34.3 Å². The van der Waals surface area contributed by atoms with Gasteiger partial charge in [-0.3, -0.25) is 9.00 Å². The number of hydrogen-bond donors (Lipinski definition) is 0. The molecule has 0 unspecified atom stereocenters. The third-order valence-corrected chi connectivity index (χ3v) is 6.49. The van der Waals surface area contributed by atoms with Crippen molar-refractivity contribution in [2.24, 2.45) is 0 Å². The minimum Gasteiger partial charge on any atom is -0.337 e. The van der Waals surface area contributed by atoms with Crippen molar-refractivity contribution in [2.75, 3.05) is 12.3 Å². The van der Waals surface area contributed by atoms with Crippen LogP contribution in [0.3, 0.4) is 0 Å². The Labute approximate surface area is 143 Å². The van der Waals surface area contributed by atoms with E-state index in [4.69, 9.17) is 0 Å². The summed E-state index contributed by atoms with van der Waals surface area (Å²) in [7, 11) is -1.16. The van der Waals surface area contributed by atoms with Crippen LogP contribution in [0, 0.1) is 13.8 Å². The number of rotatable bonds is 4. The molecular formula is C18H21NO2S2. The van der Waals surface area contributed by atoms with E-state index >= 15 is 0 Å². The molecule has 23 heavy (non-hydrogen) atoms. The van der Waals surface area contributed by atoms with Gasteiger partial charge in [0.1, 0.15) is 5.75 Å². The summed E-state index contributed by atoms with van der Waals surface area (Å²) < 4.78 is 12.4. The van der Waals surface area contributed by atoms with Crippen LogP contribution in [0.1, 0.15) is 27.1 Å². The summed E-state index contributed by atoms with van der Waals surface area (Å²) in [4.78, 5) is 15.6. The summed E-state index contributed by atoms with van der Waals surface area (Å²) in [6.07, 6.45) is 0.919. The molecule has 0 N–H and O–H groups in total. The van der Waals surface area contributed by atoms with E-state index in [0.717, 1.165) is 29.7 Å². The van der Waals surface area contributed by atoms with Crippen molar-refractivity contribution in [3.8, 4) is 0 Å². The molecule has 0 spiro atoms. The Hall–Kier alpha value is -1.46. The minimum atomic E-state index is -1.16. The topological polar surface area (TPSA) is 37.4 Å². The fraction of sp³-hybridized carbons (Fsp3) is 0.389. The van der Waals surface area contributed by atoms with Crippen molar-refractivity contribution >= 4 is 28.0 Å². The van der Waals surface area contributed by atoms with Crippen LogP contribution in [0.15, 0.2) is 29.6 Å². The number of hydrogen-bond acceptors (Lipinski definition) is 3. The van der Waals surface area contributed by atoms with E-state index in [2.05, 4.69) is 23.6 Å². The highest BCUT2D eigenvalue weighted by molar-refractivity contribution is 7.84. The van der Waals surface area contributed by atoms with E-state index in [9.17, 15) is 9.00 Å². The second-order valence-electron chi connectivity index (χ2n) is 6.09. The van der Waals surface area contributed by atoms with Gasteiger partial charge in [0, 0.05) is 34.5 Å². The molecule has 1 aliphatic heterocycles. The van der Waals surface area contributed by atoms with E-state index in [-0.39, 0.29) is 11.7 Å². The number of carbonyl (C=O) groups is 1. The molecule has 1 aliphatic rings. The molecule has 3 rings (SSSR count). The highest BCUT2D eigenvalue weighted by Crippen LogP contribution is 2.24. The highest BCUT2D eigenvalue weighted by Gasteiger charge is 2.22. The average Bonchev–Trinajstić information content (AvgIpc) is 2.98. The maximum atomic E-state index is 12.4. The lowest BCUT2D eigenvalue weighted by Gasteiger charge is -2.27. The molecule has 0 saturated heterocycles. The smallest absolute Gasteiger partial charge is 0.235 e. The Kier molecular flexibility index (Phi) is 4.97. The van der Waals surface area contributed by atoms with Gasteiger partial charge < -0.3 is 4.90 Å². The molecule has 2 aromatic rings. The lowest BCUT2D eigenvalue weighted by molar-refractivity contribution is -0.129. The van der Waals surface area contributed by atoms with Crippen LogP contribution < -0.4 is 0 Å². The zero-order chi connectivity index (χ0) is 16.4. The number of carbonyl (C=O) groups excluding carboxylic acids is 1. The summed E-state index contributed by atoms with van der Waals surface area (Å²) in [5.74, 6) is 0.578. The zero-order valence-electron chi connectivity index (χ0n) is 13.5. The summed E-state index contributed by atoms with van der Waals surface area (Å²) in [6, 6.07) is 8.26. The Bertz CT molecular complexity index is 751. The van der Waals surface area contributed by atoms with Gasteiger partial charge in [0.2, 0.25) is 5.91 Å². The molecule has 1 aromatic carbocycles. The van der Waals surface area contributed by atoms with Crippen LogP contribution in [0.5, 0.6) is 0 Å². The lowest BCUT2D eigenvalue weighted by Crippen LogP contribution is -2.38. The minimum absolute atomic E-state index is 0.00508. The van der Waals surface area contributed by atoms with Gasteiger partial charge in [0.05, 0.1) is 0 Å². The van der Waals surface area contributed by atoms with Gasteiger partial charge in [-0.05, 0) is 48.4 Å². The molecule has 0 fully saturated rings.